The monoisotopic (exact) mass is 487 g/mol. The van der Waals surface area contributed by atoms with Crippen molar-refractivity contribution in [1.82, 2.24) is 15.6 Å². The molecular weight excluding hydrogens is 466 g/mol. The van der Waals surface area contributed by atoms with Crippen LogP contribution in [-0.2, 0) is 26.1 Å². The summed E-state index contributed by atoms with van der Waals surface area (Å²) in [7, 11) is -2.43. The molecule has 3 rings (SSSR count). The summed E-state index contributed by atoms with van der Waals surface area (Å²) in [4.78, 5) is 36.0. The second-order valence-electron chi connectivity index (χ2n) is 6.74. The molecule has 0 atom stereocenters. The zero-order valence-corrected chi connectivity index (χ0v) is 18.8. The highest BCUT2D eigenvalue weighted by Crippen LogP contribution is 2.14. The Balaban J connectivity index is 1.50. The van der Waals surface area contributed by atoms with E-state index in [9.17, 15) is 22.8 Å². The largest absolute Gasteiger partial charge is 0.497 e. The first-order valence-electron chi connectivity index (χ1n) is 9.81. The molecule has 0 bridgehead atoms. The van der Waals surface area contributed by atoms with Crippen LogP contribution in [0.4, 0.5) is 0 Å². The lowest BCUT2D eigenvalue weighted by atomic mass is 10.2. The standard InChI is InChI=1S/C22H21N3O8S/c1-31-17-9-7-15(8-10-17)21(27)25-24-20(26)14-33-22(28)16-4-2-6-19(12-16)34(29,30)23-13-18-5-3-11-32-18/h2-12,23H,13-14H2,1H3,(H,24,26)(H,25,27). The van der Waals surface area contributed by atoms with Gasteiger partial charge in [-0.05, 0) is 54.6 Å². The fraction of sp³-hybridized carbons (Fsp3) is 0.136. The minimum Gasteiger partial charge on any atom is -0.497 e. The molecule has 3 N–H and O–H groups in total. The number of hydrogen-bond donors (Lipinski definition) is 3. The van der Waals surface area contributed by atoms with Crippen LogP contribution in [0.25, 0.3) is 0 Å². The highest BCUT2D eigenvalue weighted by molar-refractivity contribution is 7.89. The SMILES string of the molecule is COc1ccc(C(=O)NNC(=O)COC(=O)c2cccc(S(=O)(=O)NCc3ccco3)c2)cc1. The van der Waals surface area contributed by atoms with Crippen LogP contribution in [0.5, 0.6) is 5.75 Å². The van der Waals surface area contributed by atoms with E-state index in [4.69, 9.17) is 13.9 Å². The molecule has 0 aliphatic rings. The molecule has 2 amide bonds. The quantitative estimate of drug-likeness (QED) is 0.302. The molecule has 1 aromatic heterocycles. The summed E-state index contributed by atoms with van der Waals surface area (Å²) < 4.78 is 42.2. The van der Waals surface area contributed by atoms with E-state index in [1.54, 1.807) is 24.3 Å². The van der Waals surface area contributed by atoms with Gasteiger partial charge in [-0.1, -0.05) is 6.07 Å². The van der Waals surface area contributed by atoms with E-state index in [1.807, 2.05) is 0 Å². The van der Waals surface area contributed by atoms with Crippen LogP contribution in [0, 0.1) is 0 Å². The predicted octanol–water partition coefficient (Wildman–Crippen LogP) is 1.38. The maximum atomic E-state index is 12.5. The van der Waals surface area contributed by atoms with Gasteiger partial charge in [-0.15, -0.1) is 0 Å². The Kier molecular flexibility index (Phi) is 8.01. The summed E-state index contributed by atoms with van der Waals surface area (Å²) in [6.45, 7) is -0.762. The Morgan fingerprint density at radius 2 is 1.71 bits per heavy atom. The molecule has 0 unspecified atom stereocenters. The first kappa shape index (κ1) is 24.5. The van der Waals surface area contributed by atoms with Gasteiger partial charge in [0.05, 0.1) is 30.4 Å². The molecular formula is C22H21N3O8S. The third-order valence-electron chi connectivity index (χ3n) is 4.40. The Hall–Kier alpha value is -4.16. The van der Waals surface area contributed by atoms with Crippen LogP contribution in [0.1, 0.15) is 26.5 Å². The number of amides is 2. The topological polar surface area (TPSA) is 153 Å². The zero-order valence-electron chi connectivity index (χ0n) is 17.9. The fourth-order valence-electron chi connectivity index (χ4n) is 2.64. The van der Waals surface area contributed by atoms with Crippen molar-refractivity contribution in [1.29, 1.82) is 0 Å². The van der Waals surface area contributed by atoms with Crippen molar-refractivity contribution in [3.63, 3.8) is 0 Å². The zero-order chi connectivity index (χ0) is 24.6. The number of ether oxygens (including phenoxy) is 2. The number of nitrogens with one attached hydrogen (secondary N) is 3. The van der Waals surface area contributed by atoms with Crippen molar-refractivity contribution < 1.29 is 36.7 Å². The molecule has 3 aromatic rings. The average Bonchev–Trinajstić information content (AvgIpc) is 3.38. The van der Waals surface area contributed by atoms with Gasteiger partial charge in [-0.3, -0.25) is 20.4 Å². The van der Waals surface area contributed by atoms with Gasteiger partial charge in [0.2, 0.25) is 10.0 Å². The number of esters is 1. The predicted molar refractivity (Wildman–Crippen MR) is 118 cm³/mol. The van der Waals surface area contributed by atoms with Gasteiger partial charge in [0.25, 0.3) is 11.8 Å². The molecule has 0 saturated heterocycles. The maximum absolute atomic E-state index is 12.5. The Morgan fingerprint density at radius 1 is 0.941 bits per heavy atom. The van der Waals surface area contributed by atoms with E-state index in [0.717, 1.165) is 6.07 Å². The molecule has 2 aromatic carbocycles. The second kappa shape index (κ2) is 11.1. The van der Waals surface area contributed by atoms with Crippen LogP contribution in [0.2, 0.25) is 0 Å². The molecule has 11 nitrogen and oxygen atoms in total. The van der Waals surface area contributed by atoms with Gasteiger partial charge in [-0.25, -0.2) is 17.9 Å². The molecule has 0 radical (unpaired) electrons. The number of methoxy groups -OCH3 is 1. The highest BCUT2D eigenvalue weighted by atomic mass is 32.2. The van der Waals surface area contributed by atoms with Gasteiger partial charge in [-0.2, -0.15) is 0 Å². The van der Waals surface area contributed by atoms with Crippen LogP contribution >= 0.6 is 0 Å². The third kappa shape index (κ3) is 6.67. The number of carbonyl (C=O) groups is 3. The molecule has 0 fully saturated rings. The first-order chi connectivity index (χ1) is 16.3. The average molecular weight is 487 g/mol. The lowest BCUT2D eigenvalue weighted by molar-refractivity contribution is -0.125. The molecule has 12 heteroatoms. The number of hydrazine groups is 1. The summed E-state index contributed by atoms with van der Waals surface area (Å²) >= 11 is 0. The summed E-state index contributed by atoms with van der Waals surface area (Å²) in [5, 5.41) is 0. The summed E-state index contributed by atoms with van der Waals surface area (Å²) in [5.74, 6) is -1.30. The van der Waals surface area contributed by atoms with E-state index in [2.05, 4.69) is 15.6 Å². The lowest BCUT2D eigenvalue weighted by Crippen LogP contribution is -2.43. The summed E-state index contributed by atoms with van der Waals surface area (Å²) in [5.41, 5.74) is 4.51. The fourth-order valence-corrected chi connectivity index (χ4v) is 3.68. The van der Waals surface area contributed by atoms with E-state index < -0.39 is 34.4 Å². The minimum atomic E-state index is -3.93. The van der Waals surface area contributed by atoms with Crippen LogP contribution in [-0.4, -0.2) is 39.9 Å². The first-order valence-corrected chi connectivity index (χ1v) is 11.3. The van der Waals surface area contributed by atoms with Gasteiger partial charge in [0.1, 0.15) is 11.5 Å². The van der Waals surface area contributed by atoms with Gasteiger partial charge in [0, 0.05) is 5.56 Å². The van der Waals surface area contributed by atoms with Crippen molar-refractivity contribution in [2.24, 2.45) is 0 Å². The highest BCUT2D eigenvalue weighted by Gasteiger charge is 2.18. The maximum Gasteiger partial charge on any atom is 0.338 e. The van der Waals surface area contributed by atoms with Crippen molar-refractivity contribution >= 4 is 27.8 Å². The summed E-state index contributed by atoms with van der Waals surface area (Å²) in [6, 6.07) is 14.6. The number of hydrogen-bond acceptors (Lipinski definition) is 8. The number of furan rings is 1. The van der Waals surface area contributed by atoms with E-state index in [0.29, 0.717) is 11.5 Å². The van der Waals surface area contributed by atoms with Gasteiger partial charge >= 0.3 is 5.97 Å². The number of carbonyl (C=O) groups excluding carboxylic acids is 3. The number of benzene rings is 2. The molecule has 0 aliphatic carbocycles. The summed E-state index contributed by atoms with van der Waals surface area (Å²) in [6.07, 6.45) is 1.42. The Bertz CT molecular complexity index is 1260. The molecule has 0 aliphatic heterocycles. The molecule has 1 heterocycles. The van der Waals surface area contributed by atoms with E-state index in [1.165, 1.54) is 43.7 Å². The van der Waals surface area contributed by atoms with Crippen molar-refractivity contribution in [3.05, 3.63) is 83.8 Å². The van der Waals surface area contributed by atoms with E-state index in [-0.39, 0.29) is 22.6 Å². The minimum absolute atomic E-state index is 0.0631. The van der Waals surface area contributed by atoms with Crippen LogP contribution in [0.15, 0.2) is 76.2 Å². The lowest BCUT2D eigenvalue weighted by Gasteiger charge is -2.09. The van der Waals surface area contributed by atoms with Gasteiger partial charge < -0.3 is 13.9 Å². The van der Waals surface area contributed by atoms with Gasteiger partial charge in [0.15, 0.2) is 6.61 Å². The smallest absolute Gasteiger partial charge is 0.338 e. The van der Waals surface area contributed by atoms with Crippen LogP contribution in [0.3, 0.4) is 0 Å². The normalized spacial score (nSPS) is 10.9. The molecule has 34 heavy (non-hydrogen) atoms. The number of rotatable bonds is 9. The van der Waals surface area contributed by atoms with Crippen molar-refractivity contribution in [3.8, 4) is 5.75 Å². The molecule has 0 saturated carbocycles. The second-order valence-corrected chi connectivity index (χ2v) is 8.51. The number of sulfonamides is 1. The Morgan fingerprint density at radius 3 is 2.38 bits per heavy atom. The van der Waals surface area contributed by atoms with Crippen LogP contribution < -0.4 is 20.3 Å². The third-order valence-corrected chi connectivity index (χ3v) is 5.80. The molecule has 0 spiro atoms. The molecule has 178 valence electrons. The van der Waals surface area contributed by atoms with Crippen molar-refractivity contribution in [2.75, 3.05) is 13.7 Å². The van der Waals surface area contributed by atoms with E-state index >= 15 is 0 Å². The Labute approximate surface area is 195 Å². The van der Waals surface area contributed by atoms with Crippen molar-refractivity contribution in [2.45, 2.75) is 11.4 Å².